The van der Waals surface area contributed by atoms with Crippen LogP contribution in [-0.4, -0.2) is 46.6 Å². The number of nitrogens with zero attached hydrogens (tertiary/aromatic N) is 4. The zero-order valence-corrected chi connectivity index (χ0v) is 17.5. The van der Waals surface area contributed by atoms with Gasteiger partial charge in [-0.1, -0.05) is 6.92 Å². The molecule has 3 rings (SSSR count). The maximum atomic E-state index is 14.4. The van der Waals surface area contributed by atoms with Crippen molar-refractivity contribution in [3.63, 3.8) is 0 Å². The van der Waals surface area contributed by atoms with Crippen LogP contribution in [0.15, 0.2) is 24.5 Å². The maximum absolute atomic E-state index is 14.4. The van der Waals surface area contributed by atoms with Crippen molar-refractivity contribution < 1.29 is 4.39 Å². The Kier molecular flexibility index (Phi) is 6.12. The van der Waals surface area contributed by atoms with Gasteiger partial charge >= 0.3 is 0 Å². The second-order valence-corrected chi connectivity index (χ2v) is 7.27. The van der Waals surface area contributed by atoms with Crippen LogP contribution in [0.5, 0.6) is 0 Å². The Labute approximate surface area is 170 Å². The van der Waals surface area contributed by atoms with Crippen LogP contribution < -0.4 is 10.6 Å². The number of nitrogens with one attached hydrogen (secondary N) is 3. The van der Waals surface area contributed by atoms with Gasteiger partial charge in [-0.2, -0.15) is 0 Å². The van der Waals surface area contributed by atoms with Gasteiger partial charge in [-0.3, -0.25) is 0 Å². The van der Waals surface area contributed by atoms with E-state index in [1.807, 2.05) is 37.8 Å². The average molecular weight is 398 g/mol. The Morgan fingerprint density at radius 1 is 1.28 bits per heavy atom. The van der Waals surface area contributed by atoms with E-state index in [4.69, 9.17) is 10.4 Å². The molecule has 0 bridgehead atoms. The lowest BCUT2D eigenvalue weighted by molar-refractivity contribution is 0.287. The summed E-state index contributed by atoms with van der Waals surface area (Å²) in [5.74, 6) is 0.317. The summed E-state index contributed by atoms with van der Waals surface area (Å²) in [6.45, 7) is 4.33. The Morgan fingerprint density at radius 3 is 2.66 bits per heavy atom. The number of hydrogen-bond acceptors (Lipinski definition) is 6. The predicted molar refractivity (Wildman–Crippen MR) is 116 cm³/mol. The lowest BCUT2D eigenvalue weighted by Gasteiger charge is -2.20. The smallest absolute Gasteiger partial charge is 0.158 e. The molecule has 0 saturated carbocycles. The number of halogens is 1. The van der Waals surface area contributed by atoms with Crippen molar-refractivity contribution in [2.24, 2.45) is 0 Å². The molecule has 1 atom stereocenters. The molecule has 29 heavy (non-hydrogen) atoms. The Balaban J connectivity index is 1.87. The van der Waals surface area contributed by atoms with Gasteiger partial charge in [0.1, 0.15) is 11.6 Å². The molecule has 0 radical (unpaired) electrons. The number of anilines is 2. The number of aryl methyl sites for hydroxylation is 1. The largest absolute Gasteiger partial charge is 0.388 e. The number of aromatic nitrogens is 3. The molecule has 0 saturated heterocycles. The highest BCUT2D eigenvalue weighted by Gasteiger charge is 2.17. The van der Waals surface area contributed by atoms with Crippen LogP contribution in [0, 0.1) is 18.2 Å². The van der Waals surface area contributed by atoms with E-state index in [1.54, 1.807) is 13.1 Å². The zero-order chi connectivity index (χ0) is 21.1. The third-order valence-electron chi connectivity index (χ3n) is 5.08. The number of hydrogen-bond donors (Lipinski definition) is 3. The normalized spacial score (nSPS) is 12.4. The second kappa shape index (κ2) is 8.57. The van der Waals surface area contributed by atoms with Gasteiger partial charge < -0.3 is 25.3 Å². The molecule has 0 aliphatic carbocycles. The summed E-state index contributed by atoms with van der Waals surface area (Å²) < 4.78 is 16.4. The SMILES string of the molecule is CC[C@H](c1cn2cc(NCc3cc(C=N)c(NC)cc3F)nc(C)c2n1)N(C)C. The van der Waals surface area contributed by atoms with Crippen LogP contribution >= 0.6 is 0 Å². The van der Waals surface area contributed by atoms with Crippen LogP contribution in [-0.2, 0) is 6.54 Å². The summed E-state index contributed by atoms with van der Waals surface area (Å²) in [5, 5.41) is 13.6. The van der Waals surface area contributed by atoms with E-state index in [9.17, 15) is 4.39 Å². The Hall–Kier alpha value is -3.00. The highest BCUT2D eigenvalue weighted by atomic mass is 19.1. The molecule has 0 amide bonds. The van der Waals surface area contributed by atoms with Crippen LogP contribution in [0.2, 0.25) is 0 Å². The quantitative estimate of drug-likeness (QED) is 0.503. The molecule has 0 unspecified atom stereocenters. The van der Waals surface area contributed by atoms with Crippen molar-refractivity contribution in [3.05, 3.63) is 52.9 Å². The van der Waals surface area contributed by atoms with Crippen molar-refractivity contribution in [2.45, 2.75) is 32.9 Å². The number of rotatable bonds is 8. The molecule has 7 nitrogen and oxygen atoms in total. The fraction of sp³-hybridized carbons (Fsp3) is 0.381. The van der Waals surface area contributed by atoms with Gasteiger partial charge in [0, 0.05) is 42.8 Å². The summed E-state index contributed by atoms with van der Waals surface area (Å²) >= 11 is 0. The van der Waals surface area contributed by atoms with Crippen molar-refractivity contribution >= 4 is 23.4 Å². The molecule has 3 N–H and O–H groups in total. The minimum Gasteiger partial charge on any atom is -0.388 e. The molecule has 0 spiro atoms. The summed E-state index contributed by atoms with van der Waals surface area (Å²) in [6, 6.07) is 3.32. The summed E-state index contributed by atoms with van der Waals surface area (Å²) in [5.41, 5.74) is 4.34. The molecular weight excluding hydrogens is 369 g/mol. The van der Waals surface area contributed by atoms with E-state index in [1.165, 1.54) is 12.3 Å². The molecule has 8 heteroatoms. The van der Waals surface area contributed by atoms with Gasteiger partial charge in [0.2, 0.25) is 0 Å². The van der Waals surface area contributed by atoms with Gasteiger partial charge in [-0.15, -0.1) is 0 Å². The lowest BCUT2D eigenvalue weighted by Crippen LogP contribution is -2.19. The summed E-state index contributed by atoms with van der Waals surface area (Å²) in [4.78, 5) is 11.5. The topological polar surface area (TPSA) is 81.3 Å². The highest BCUT2D eigenvalue weighted by molar-refractivity contribution is 5.86. The molecule has 0 aliphatic heterocycles. The average Bonchev–Trinajstić information content (AvgIpc) is 3.11. The van der Waals surface area contributed by atoms with Gasteiger partial charge in [0.15, 0.2) is 5.65 Å². The Morgan fingerprint density at radius 2 is 2.03 bits per heavy atom. The van der Waals surface area contributed by atoms with Crippen LogP contribution in [0.4, 0.5) is 15.9 Å². The molecule has 154 valence electrons. The van der Waals surface area contributed by atoms with Crippen molar-refractivity contribution in [1.29, 1.82) is 5.41 Å². The van der Waals surface area contributed by atoms with E-state index < -0.39 is 0 Å². The first-order valence-electron chi connectivity index (χ1n) is 9.65. The van der Waals surface area contributed by atoms with Crippen LogP contribution in [0.3, 0.4) is 0 Å². The lowest BCUT2D eigenvalue weighted by atomic mass is 10.1. The van der Waals surface area contributed by atoms with E-state index in [-0.39, 0.29) is 18.4 Å². The third kappa shape index (κ3) is 4.22. The third-order valence-corrected chi connectivity index (χ3v) is 5.08. The zero-order valence-electron chi connectivity index (χ0n) is 17.5. The van der Waals surface area contributed by atoms with Crippen molar-refractivity contribution in [1.82, 2.24) is 19.3 Å². The van der Waals surface area contributed by atoms with Crippen molar-refractivity contribution in [3.8, 4) is 0 Å². The maximum Gasteiger partial charge on any atom is 0.158 e. The first kappa shape index (κ1) is 20.7. The molecule has 3 aromatic rings. The molecular formula is C21H28FN7. The minimum absolute atomic E-state index is 0.241. The fourth-order valence-corrected chi connectivity index (χ4v) is 3.55. The standard InChI is InChI=1S/C21H28FN7/c1-6-19(28(4)5)18-11-29-12-20(26-13(2)21(29)27-18)25-10-15-7-14(9-23)17(24-3)8-16(15)22/h7-9,11-12,19,23-25H,6,10H2,1-5H3/t19-/m1/s1. The monoisotopic (exact) mass is 397 g/mol. The van der Waals surface area contributed by atoms with Gasteiger partial charge in [-0.25, -0.2) is 14.4 Å². The predicted octanol–water partition coefficient (Wildman–Crippen LogP) is 3.84. The van der Waals surface area contributed by atoms with E-state index in [0.29, 0.717) is 22.6 Å². The molecule has 2 aromatic heterocycles. The van der Waals surface area contributed by atoms with Gasteiger partial charge in [0.05, 0.1) is 23.6 Å². The van der Waals surface area contributed by atoms with Crippen molar-refractivity contribution in [2.75, 3.05) is 31.8 Å². The van der Waals surface area contributed by atoms with E-state index in [2.05, 4.69) is 27.4 Å². The molecule has 0 aliphatic rings. The molecule has 0 fully saturated rings. The summed E-state index contributed by atoms with van der Waals surface area (Å²) in [6.07, 6.45) is 6.08. The van der Waals surface area contributed by atoms with Crippen LogP contribution in [0.25, 0.3) is 5.65 Å². The Bertz CT molecular complexity index is 1030. The molecule has 1 aromatic carbocycles. The first-order valence-corrected chi connectivity index (χ1v) is 9.65. The van der Waals surface area contributed by atoms with E-state index >= 15 is 0 Å². The summed E-state index contributed by atoms with van der Waals surface area (Å²) in [7, 11) is 5.81. The number of imidazole rings is 1. The van der Waals surface area contributed by atoms with Crippen LogP contribution in [0.1, 0.15) is 41.9 Å². The van der Waals surface area contributed by atoms with Gasteiger partial charge in [0.25, 0.3) is 0 Å². The second-order valence-electron chi connectivity index (χ2n) is 7.27. The fourth-order valence-electron chi connectivity index (χ4n) is 3.55. The highest BCUT2D eigenvalue weighted by Crippen LogP contribution is 2.24. The first-order chi connectivity index (χ1) is 13.9. The number of fused-ring (bicyclic) bond motifs is 1. The van der Waals surface area contributed by atoms with Gasteiger partial charge in [-0.05, 0) is 39.6 Å². The molecule has 2 heterocycles. The number of benzene rings is 1. The minimum atomic E-state index is -0.327. The van der Waals surface area contributed by atoms with E-state index in [0.717, 1.165) is 23.5 Å².